The van der Waals surface area contributed by atoms with Gasteiger partial charge >= 0.3 is 6.09 Å². The predicted octanol–water partition coefficient (Wildman–Crippen LogP) is 1.24. The molecule has 5 heteroatoms. The largest absolute Gasteiger partial charge is 0.465 e. The van der Waals surface area contributed by atoms with E-state index in [1.165, 1.54) is 19.0 Å². The maximum Gasteiger partial charge on any atom is 0.404 e. The third-order valence-electron chi connectivity index (χ3n) is 0.425. The Kier molecular flexibility index (Phi) is 13.4. The van der Waals surface area contributed by atoms with E-state index < -0.39 is 6.09 Å². The van der Waals surface area contributed by atoms with E-state index in [1.807, 2.05) is 18.5 Å². The molecule has 0 bridgehead atoms. The smallest absolute Gasteiger partial charge is 0.404 e. The van der Waals surface area contributed by atoms with Crippen LogP contribution in [-0.4, -0.2) is 30.7 Å². The highest BCUT2D eigenvalue weighted by Gasteiger charge is 1.76. The highest BCUT2D eigenvalue weighted by molar-refractivity contribution is 7.97. The van der Waals surface area contributed by atoms with Crippen LogP contribution in [0, 0.1) is 0 Å². The fourth-order valence-corrected chi connectivity index (χ4v) is 0.316. The lowest BCUT2D eigenvalue weighted by molar-refractivity contribution is 0.197. The van der Waals surface area contributed by atoms with Crippen molar-refractivity contribution in [2.24, 2.45) is 4.40 Å². The molecular formula is C5H12N2O2S. The normalized spacial score (nSPS) is 8.30. The first-order chi connectivity index (χ1) is 4.68. The summed E-state index contributed by atoms with van der Waals surface area (Å²) >= 11 is 1.47. The topological polar surface area (TPSA) is 61.7 Å². The molecule has 0 heterocycles. The Morgan fingerprint density at radius 3 is 2.20 bits per heavy atom. The number of nitrogens with one attached hydrogen (secondary N) is 1. The summed E-state index contributed by atoms with van der Waals surface area (Å²) in [4.78, 5) is 9.26. The summed E-state index contributed by atoms with van der Waals surface area (Å²) in [6.07, 6.45) is 2.70. The molecule has 0 aliphatic rings. The minimum absolute atomic E-state index is 0.995. The van der Waals surface area contributed by atoms with Gasteiger partial charge in [0.2, 0.25) is 0 Å². The molecular weight excluding hydrogens is 152 g/mol. The first kappa shape index (κ1) is 12.0. The number of hydrogen-bond donors (Lipinski definition) is 2. The van der Waals surface area contributed by atoms with Crippen molar-refractivity contribution in [1.82, 2.24) is 5.32 Å². The molecule has 0 atom stereocenters. The number of nitrogens with zero attached hydrogens (tertiary/aromatic N) is 1. The van der Waals surface area contributed by atoms with Crippen molar-refractivity contribution in [3.05, 3.63) is 0 Å². The molecule has 0 fully saturated rings. The van der Waals surface area contributed by atoms with Crippen LogP contribution in [0.25, 0.3) is 0 Å². The van der Waals surface area contributed by atoms with Gasteiger partial charge in [-0.15, -0.1) is 0 Å². The van der Waals surface area contributed by atoms with Crippen LogP contribution in [0.15, 0.2) is 4.40 Å². The lowest BCUT2D eigenvalue weighted by Crippen LogP contribution is -2.13. The zero-order valence-electron chi connectivity index (χ0n) is 6.29. The summed E-state index contributed by atoms with van der Waals surface area (Å²) in [6.45, 7) is 1.90. The van der Waals surface area contributed by atoms with Crippen molar-refractivity contribution < 1.29 is 9.90 Å². The van der Waals surface area contributed by atoms with Gasteiger partial charge in [0.1, 0.15) is 0 Å². The van der Waals surface area contributed by atoms with E-state index in [1.54, 1.807) is 6.21 Å². The fourth-order valence-electron chi connectivity index (χ4n) is 0.105. The number of amides is 1. The predicted molar refractivity (Wildman–Crippen MR) is 44.8 cm³/mol. The number of hydrogen-bond acceptors (Lipinski definition) is 3. The van der Waals surface area contributed by atoms with E-state index >= 15 is 0 Å². The van der Waals surface area contributed by atoms with Gasteiger partial charge in [0.15, 0.2) is 0 Å². The van der Waals surface area contributed by atoms with Crippen LogP contribution in [0.1, 0.15) is 6.92 Å². The molecule has 0 aromatic rings. The van der Waals surface area contributed by atoms with Crippen LogP contribution in [-0.2, 0) is 0 Å². The van der Waals surface area contributed by atoms with Gasteiger partial charge in [-0.25, -0.2) is 9.19 Å². The zero-order chi connectivity index (χ0) is 8.41. The molecule has 0 spiro atoms. The Morgan fingerprint density at radius 2 is 2.20 bits per heavy atom. The van der Waals surface area contributed by atoms with Crippen molar-refractivity contribution in [3.63, 3.8) is 0 Å². The standard InChI is InChI=1S/C3H7NS.C2H5NO2/c1-3-4-5-2;1-3-2(4)5/h3H,1-2H3;3H,1H3,(H,4,5). The van der Waals surface area contributed by atoms with Gasteiger partial charge in [0.25, 0.3) is 0 Å². The van der Waals surface area contributed by atoms with Gasteiger partial charge in [0, 0.05) is 19.5 Å². The average Bonchev–Trinajstić information content (AvgIpc) is 1.91. The van der Waals surface area contributed by atoms with Crippen LogP contribution >= 0.6 is 11.9 Å². The molecule has 10 heavy (non-hydrogen) atoms. The Bertz CT molecular complexity index is 106. The summed E-state index contributed by atoms with van der Waals surface area (Å²) < 4.78 is 3.76. The van der Waals surface area contributed by atoms with E-state index in [2.05, 4.69) is 4.40 Å². The van der Waals surface area contributed by atoms with Gasteiger partial charge in [-0.3, -0.25) is 0 Å². The molecule has 0 rings (SSSR count). The van der Waals surface area contributed by atoms with E-state index in [0.29, 0.717) is 0 Å². The second-order valence-corrected chi connectivity index (χ2v) is 1.68. The minimum Gasteiger partial charge on any atom is -0.465 e. The molecule has 0 unspecified atom stereocenters. The van der Waals surface area contributed by atoms with Crippen LogP contribution in [0.3, 0.4) is 0 Å². The van der Waals surface area contributed by atoms with Crippen LogP contribution < -0.4 is 5.32 Å². The molecule has 0 aromatic carbocycles. The Balaban J connectivity index is 0. The maximum absolute atomic E-state index is 9.26. The first-order valence-corrected chi connectivity index (χ1v) is 3.79. The second-order valence-electron chi connectivity index (χ2n) is 1.10. The highest BCUT2D eigenvalue weighted by Crippen LogP contribution is 1.87. The highest BCUT2D eigenvalue weighted by atomic mass is 32.2. The van der Waals surface area contributed by atoms with Crippen LogP contribution in [0.2, 0.25) is 0 Å². The maximum atomic E-state index is 9.26. The van der Waals surface area contributed by atoms with Gasteiger partial charge in [0.05, 0.1) is 0 Å². The Hall–Kier alpha value is -0.710. The molecule has 1 amide bonds. The first-order valence-electron chi connectivity index (χ1n) is 2.60. The van der Waals surface area contributed by atoms with Crippen molar-refractivity contribution >= 4 is 24.3 Å². The van der Waals surface area contributed by atoms with E-state index in [-0.39, 0.29) is 0 Å². The van der Waals surface area contributed by atoms with Crippen molar-refractivity contribution in [3.8, 4) is 0 Å². The SMILES string of the molecule is CC=NSC.CNC(=O)O. The molecule has 60 valence electrons. The molecule has 4 nitrogen and oxygen atoms in total. The third kappa shape index (κ3) is 26.6. The van der Waals surface area contributed by atoms with Crippen molar-refractivity contribution in [2.75, 3.05) is 13.3 Å². The molecule has 0 aromatic heterocycles. The second kappa shape index (κ2) is 11.1. The van der Waals surface area contributed by atoms with Crippen molar-refractivity contribution in [2.45, 2.75) is 6.92 Å². The van der Waals surface area contributed by atoms with E-state index in [4.69, 9.17) is 5.11 Å². The van der Waals surface area contributed by atoms with E-state index in [9.17, 15) is 4.79 Å². The van der Waals surface area contributed by atoms with Gasteiger partial charge in [-0.2, -0.15) is 0 Å². The summed E-state index contributed by atoms with van der Waals surface area (Å²) in [7, 11) is 1.35. The number of carboxylic acid groups (broad SMARTS) is 1. The fraction of sp³-hybridized carbons (Fsp3) is 0.600. The third-order valence-corrected chi connectivity index (χ3v) is 0.846. The monoisotopic (exact) mass is 164 g/mol. The number of carbonyl (C=O) groups is 1. The minimum atomic E-state index is -0.995. The summed E-state index contributed by atoms with van der Waals surface area (Å²) in [5.41, 5.74) is 0. The lowest BCUT2D eigenvalue weighted by Gasteiger charge is -1.78. The zero-order valence-corrected chi connectivity index (χ0v) is 7.10. The molecule has 0 aliphatic heterocycles. The number of rotatable bonds is 1. The Labute approximate surface area is 64.9 Å². The lowest BCUT2D eigenvalue weighted by atomic mass is 10.9. The van der Waals surface area contributed by atoms with E-state index in [0.717, 1.165) is 0 Å². The van der Waals surface area contributed by atoms with Gasteiger partial charge < -0.3 is 10.4 Å². The van der Waals surface area contributed by atoms with Gasteiger partial charge in [-0.05, 0) is 18.9 Å². The van der Waals surface area contributed by atoms with Crippen molar-refractivity contribution in [1.29, 1.82) is 0 Å². The summed E-state index contributed by atoms with van der Waals surface area (Å²) in [5.74, 6) is 0. The van der Waals surface area contributed by atoms with Gasteiger partial charge in [-0.1, -0.05) is 0 Å². The summed E-state index contributed by atoms with van der Waals surface area (Å²) in [6, 6.07) is 0. The van der Waals surface area contributed by atoms with Crippen LogP contribution in [0.4, 0.5) is 4.79 Å². The Morgan fingerprint density at radius 1 is 1.80 bits per heavy atom. The molecule has 0 radical (unpaired) electrons. The molecule has 2 N–H and O–H groups in total. The molecule has 0 aliphatic carbocycles. The molecule has 0 saturated heterocycles. The quantitative estimate of drug-likeness (QED) is 0.452. The van der Waals surface area contributed by atoms with Crippen LogP contribution in [0.5, 0.6) is 0 Å². The molecule has 0 saturated carbocycles. The average molecular weight is 164 g/mol. The summed E-state index contributed by atoms with van der Waals surface area (Å²) in [5, 5.41) is 9.56.